The van der Waals surface area contributed by atoms with Gasteiger partial charge in [-0.2, -0.15) is 4.98 Å². The van der Waals surface area contributed by atoms with Crippen LogP contribution in [0.25, 0.3) is 0 Å². The van der Waals surface area contributed by atoms with Crippen LogP contribution in [-0.4, -0.2) is 29.1 Å². The average molecular weight is 236 g/mol. The van der Waals surface area contributed by atoms with Gasteiger partial charge in [0.15, 0.2) is 0 Å². The van der Waals surface area contributed by atoms with E-state index in [4.69, 9.17) is 0 Å². The van der Waals surface area contributed by atoms with Crippen molar-refractivity contribution in [2.24, 2.45) is 0 Å². The van der Waals surface area contributed by atoms with Gasteiger partial charge in [-0.3, -0.25) is 0 Å². The highest BCUT2D eigenvalue weighted by Crippen LogP contribution is 2.17. The van der Waals surface area contributed by atoms with Crippen LogP contribution in [0.3, 0.4) is 0 Å². The fraction of sp³-hybridized carbons (Fsp3) is 0.692. The molecule has 4 heteroatoms. The van der Waals surface area contributed by atoms with Gasteiger partial charge < -0.3 is 10.2 Å². The summed E-state index contributed by atoms with van der Waals surface area (Å²) in [6.07, 6.45) is 1.08. The van der Waals surface area contributed by atoms with Crippen molar-refractivity contribution >= 4 is 11.8 Å². The van der Waals surface area contributed by atoms with E-state index in [9.17, 15) is 0 Å². The molecule has 0 saturated heterocycles. The molecule has 0 aliphatic heterocycles. The van der Waals surface area contributed by atoms with Crippen LogP contribution in [0.1, 0.15) is 39.8 Å². The molecule has 0 amide bonds. The van der Waals surface area contributed by atoms with Gasteiger partial charge in [-0.05, 0) is 34.1 Å². The van der Waals surface area contributed by atoms with Gasteiger partial charge in [-0.15, -0.1) is 0 Å². The molecule has 0 unspecified atom stereocenters. The number of hydrogen-bond donors (Lipinski definition) is 1. The SMILES string of the molecule is CCCNc1nc(C)cc(N(CC)C(C)C)n1. The van der Waals surface area contributed by atoms with Gasteiger partial charge in [-0.25, -0.2) is 4.98 Å². The highest BCUT2D eigenvalue weighted by Gasteiger charge is 2.11. The summed E-state index contributed by atoms with van der Waals surface area (Å²) < 4.78 is 0. The Balaban J connectivity index is 2.94. The molecule has 96 valence electrons. The van der Waals surface area contributed by atoms with Crippen molar-refractivity contribution in [3.8, 4) is 0 Å². The van der Waals surface area contributed by atoms with Crippen molar-refractivity contribution in [3.63, 3.8) is 0 Å². The van der Waals surface area contributed by atoms with Crippen LogP contribution in [0.2, 0.25) is 0 Å². The third-order valence-electron chi connectivity index (χ3n) is 2.63. The Hall–Kier alpha value is -1.32. The van der Waals surface area contributed by atoms with Gasteiger partial charge >= 0.3 is 0 Å². The molecule has 4 nitrogen and oxygen atoms in total. The van der Waals surface area contributed by atoms with Gasteiger partial charge in [0.1, 0.15) is 5.82 Å². The zero-order valence-electron chi connectivity index (χ0n) is 11.6. The third-order valence-corrected chi connectivity index (χ3v) is 2.63. The second-order valence-electron chi connectivity index (χ2n) is 4.50. The molecule has 0 spiro atoms. The van der Waals surface area contributed by atoms with E-state index in [0.29, 0.717) is 6.04 Å². The molecule has 17 heavy (non-hydrogen) atoms. The number of rotatable bonds is 6. The van der Waals surface area contributed by atoms with Gasteiger partial charge in [0, 0.05) is 30.9 Å². The largest absolute Gasteiger partial charge is 0.354 e. The molecule has 1 rings (SSSR count). The molecule has 0 radical (unpaired) electrons. The third kappa shape index (κ3) is 3.88. The topological polar surface area (TPSA) is 41.1 Å². The average Bonchev–Trinajstić information content (AvgIpc) is 2.26. The van der Waals surface area contributed by atoms with Gasteiger partial charge in [0.25, 0.3) is 0 Å². The first-order valence-electron chi connectivity index (χ1n) is 6.44. The summed E-state index contributed by atoms with van der Waals surface area (Å²) in [5.74, 6) is 1.74. The Morgan fingerprint density at radius 3 is 2.53 bits per heavy atom. The van der Waals surface area contributed by atoms with E-state index in [1.54, 1.807) is 0 Å². The highest BCUT2D eigenvalue weighted by atomic mass is 15.2. The van der Waals surface area contributed by atoms with Gasteiger partial charge in [0.2, 0.25) is 5.95 Å². The maximum atomic E-state index is 4.57. The Morgan fingerprint density at radius 1 is 1.29 bits per heavy atom. The number of nitrogens with zero attached hydrogens (tertiary/aromatic N) is 3. The van der Waals surface area contributed by atoms with E-state index < -0.39 is 0 Å². The summed E-state index contributed by atoms with van der Waals surface area (Å²) in [6.45, 7) is 12.5. The van der Waals surface area contributed by atoms with Crippen molar-refractivity contribution in [1.29, 1.82) is 0 Å². The summed E-state index contributed by atoms with van der Waals surface area (Å²) in [5.41, 5.74) is 1.01. The summed E-state index contributed by atoms with van der Waals surface area (Å²) in [6, 6.07) is 2.49. The normalized spacial score (nSPS) is 10.7. The zero-order chi connectivity index (χ0) is 12.8. The maximum Gasteiger partial charge on any atom is 0.224 e. The quantitative estimate of drug-likeness (QED) is 0.824. The molecule has 1 heterocycles. The van der Waals surface area contributed by atoms with E-state index in [-0.39, 0.29) is 0 Å². The van der Waals surface area contributed by atoms with Crippen molar-refractivity contribution in [2.45, 2.75) is 47.1 Å². The predicted octanol–water partition coefficient (Wildman–Crippen LogP) is 2.84. The fourth-order valence-electron chi connectivity index (χ4n) is 1.81. The van der Waals surface area contributed by atoms with Crippen LogP contribution in [0.15, 0.2) is 6.07 Å². The molecule has 1 aromatic rings. The lowest BCUT2D eigenvalue weighted by molar-refractivity contribution is 0.691. The van der Waals surface area contributed by atoms with E-state index in [2.05, 4.69) is 47.9 Å². The molecule has 1 N–H and O–H groups in total. The second-order valence-corrected chi connectivity index (χ2v) is 4.50. The minimum absolute atomic E-state index is 0.452. The first kappa shape index (κ1) is 13.7. The molecule has 0 bridgehead atoms. The summed E-state index contributed by atoms with van der Waals surface area (Å²) in [4.78, 5) is 11.2. The monoisotopic (exact) mass is 236 g/mol. The van der Waals surface area contributed by atoms with Crippen molar-refractivity contribution < 1.29 is 0 Å². The lowest BCUT2D eigenvalue weighted by Crippen LogP contribution is -2.31. The van der Waals surface area contributed by atoms with Crippen LogP contribution < -0.4 is 10.2 Å². The zero-order valence-corrected chi connectivity index (χ0v) is 11.6. The van der Waals surface area contributed by atoms with E-state index in [1.807, 2.05) is 13.0 Å². The Bertz CT molecular complexity index is 349. The fourth-order valence-corrected chi connectivity index (χ4v) is 1.81. The van der Waals surface area contributed by atoms with Gasteiger partial charge in [-0.1, -0.05) is 6.92 Å². The Morgan fingerprint density at radius 2 is 2.00 bits per heavy atom. The minimum Gasteiger partial charge on any atom is -0.354 e. The molecule has 0 atom stereocenters. The first-order chi connectivity index (χ1) is 8.08. The molecule has 0 aliphatic carbocycles. The lowest BCUT2D eigenvalue weighted by Gasteiger charge is -2.26. The number of anilines is 2. The van der Waals surface area contributed by atoms with Crippen molar-refractivity contribution in [1.82, 2.24) is 9.97 Å². The Kier molecular flexibility index (Phi) is 5.19. The van der Waals surface area contributed by atoms with Crippen molar-refractivity contribution in [2.75, 3.05) is 23.3 Å². The summed E-state index contributed by atoms with van der Waals surface area (Å²) in [7, 11) is 0. The Labute approximate surface area is 104 Å². The molecule has 0 saturated carbocycles. The van der Waals surface area contributed by atoms with Crippen LogP contribution >= 0.6 is 0 Å². The van der Waals surface area contributed by atoms with Crippen LogP contribution in [0.4, 0.5) is 11.8 Å². The van der Waals surface area contributed by atoms with E-state index >= 15 is 0 Å². The standard InChI is InChI=1S/C13H24N4/c1-6-8-14-13-15-11(5)9-12(16-13)17(7-2)10(3)4/h9-10H,6-8H2,1-5H3,(H,14,15,16). The van der Waals surface area contributed by atoms with E-state index in [0.717, 1.165) is 37.0 Å². The van der Waals surface area contributed by atoms with Crippen LogP contribution in [-0.2, 0) is 0 Å². The highest BCUT2D eigenvalue weighted by molar-refractivity contribution is 5.45. The summed E-state index contributed by atoms with van der Waals surface area (Å²) >= 11 is 0. The lowest BCUT2D eigenvalue weighted by atomic mass is 10.3. The number of nitrogens with one attached hydrogen (secondary N) is 1. The molecule has 0 aromatic carbocycles. The summed E-state index contributed by atoms with van der Waals surface area (Å²) in [5, 5.41) is 3.24. The van der Waals surface area contributed by atoms with Crippen LogP contribution in [0, 0.1) is 6.92 Å². The molecular weight excluding hydrogens is 212 g/mol. The second kappa shape index (κ2) is 6.42. The predicted molar refractivity (Wildman–Crippen MR) is 73.7 cm³/mol. The smallest absolute Gasteiger partial charge is 0.224 e. The van der Waals surface area contributed by atoms with Crippen LogP contribution in [0.5, 0.6) is 0 Å². The first-order valence-corrected chi connectivity index (χ1v) is 6.44. The molecule has 0 aliphatic rings. The van der Waals surface area contributed by atoms with Gasteiger partial charge in [0.05, 0.1) is 0 Å². The van der Waals surface area contributed by atoms with E-state index in [1.165, 1.54) is 0 Å². The number of aromatic nitrogens is 2. The molecule has 0 fully saturated rings. The molecular formula is C13H24N4. The number of aryl methyl sites for hydroxylation is 1. The minimum atomic E-state index is 0.452. The van der Waals surface area contributed by atoms with Crippen molar-refractivity contribution in [3.05, 3.63) is 11.8 Å². The molecule has 1 aromatic heterocycles. The number of hydrogen-bond acceptors (Lipinski definition) is 4. The maximum absolute atomic E-state index is 4.57.